The van der Waals surface area contributed by atoms with Gasteiger partial charge < -0.3 is 19.4 Å². The smallest absolute Gasteiger partial charge is 0.267 e. The Morgan fingerprint density at radius 2 is 1.77 bits per heavy atom. The summed E-state index contributed by atoms with van der Waals surface area (Å²) >= 11 is 8.01. The molecule has 1 atom stereocenters. The van der Waals surface area contributed by atoms with Crippen LogP contribution in [0.25, 0.3) is 16.6 Å². The first kappa shape index (κ1) is 31.0. The number of rotatable bonds is 7. The average Bonchev–Trinajstić information content (AvgIpc) is 3.56. The van der Waals surface area contributed by atoms with E-state index in [0.717, 1.165) is 29.7 Å². The van der Waals surface area contributed by atoms with Crippen molar-refractivity contribution in [2.24, 2.45) is 0 Å². The summed E-state index contributed by atoms with van der Waals surface area (Å²) in [4.78, 5) is 49.2. The molecule has 0 N–H and O–H groups in total. The fourth-order valence-corrected chi connectivity index (χ4v) is 7.13. The Labute approximate surface area is 282 Å². The summed E-state index contributed by atoms with van der Waals surface area (Å²) < 4.78 is 7.02. The number of carbonyl (C=O) groups excluding carboxylic acids is 1. The Morgan fingerprint density at radius 1 is 1.00 bits per heavy atom. The topological polar surface area (TPSA) is 96.7 Å². The predicted octanol–water partition coefficient (Wildman–Crippen LogP) is 6.26. The van der Waals surface area contributed by atoms with Crippen LogP contribution in [0.3, 0.4) is 0 Å². The molecular weight excluding hydrogens is 634 g/mol. The molecule has 0 spiro atoms. The van der Waals surface area contributed by atoms with Gasteiger partial charge in [-0.15, -0.1) is 0 Å². The van der Waals surface area contributed by atoms with E-state index in [1.165, 1.54) is 11.8 Å². The van der Waals surface area contributed by atoms with Crippen LogP contribution < -0.4 is 20.1 Å². The first-order valence-corrected chi connectivity index (χ1v) is 17.0. The molecular formula is C35H34ClN7O3S. The monoisotopic (exact) mass is 667 g/mol. The number of thioether (sulfide) groups is 1. The number of fused-ring (bicyclic) bond motifs is 2. The van der Waals surface area contributed by atoms with Gasteiger partial charge in [-0.05, 0) is 73.5 Å². The van der Waals surface area contributed by atoms with Gasteiger partial charge in [-0.2, -0.15) is 0 Å². The number of benzene rings is 3. The molecule has 1 saturated heterocycles. The highest BCUT2D eigenvalue weighted by Crippen LogP contribution is 2.42. The third kappa shape index (κ3) is 5.57. The highest BCUT2D eigenvalue weighted by molar-refractivity contribution is 7.98. The Hall–Kier alpha value is -4.61. The summed E-state index contributed by atoms with van der Waals surface area (Å²) in [5.74, 6) is 2.36. The summed E-state index contributed by atoms with van der Waals surface area (Å²) in [6, 6.07) is 20.7. The molecule has 4 heterocycles. The highest BCUT2D eigenvalue weighted by atomic mass is 35.5. The fourth-order valence-electron chi connectivity index (χ4n) is 6.53. The van der Waals surface area contributed by atoms with Crippen molar-refractivity contribution in [2.75, 3.05) is 43.4 Å². The molecule has 240 valence electrons. The van der Waals surface area contributed by atoms with Gasteiger partial charge in [0, 0.05) is 20.1 Å². The van der Waals surface area contributed by atoms with Crippen LogP contribution in [-0.2, 0) is 6.54 Å². The van der Waals surface area contributed by atoms with Gasteiger partial charge in [0.1, 0.15) is 28.8 Å². The maximum atomic E-state index is 14.3. The van der Waals surface area contributed by atoms with Crippen molar-refractivity contribution in [2.45, 2.75) is 37.5 Å². The number of carbonyl (C=O) groups is 1. The van der Waals surface area contributed by atoms with E-state index < -0.39 is 0 Å². The number of aromatic nitrogens is 4. The van der Waals surface area contributed by atoms with Crippen LogP contribution in [0.1, 0.15) is 46.2 Å². The normalized spacial score (nSPS) is 16.2. The van der Waals surface area contributed by atoms with Crippen molar-refractivity contribution >= 4 is 51.8 Å². The molecule has 47 heavy (non-hydrogen) atoms. The molecule has 1 fully saturated rings. The van der Waals surface area contributed by atoms with E-state index >= 15 is 0 Å². The van der Waals surface area contributed by atoms with Crippen molar-refractivity contribution in [1.82, 2.24) is 24.4 Å². The minimum Gasteiger partial charge on any atom is -0.497 e. The summed E-state index contributed by atoms with van der Waals surface area (Å²) in [7, 11) is 3.44. The lowest BCUT2D eigenvalue weighted by Crippen LogP contribution is -2.46. The molecule has 7 rings (SSSR count). The van der Waals surface area contributed by atoms with Gasteiger partial charge >= 0.3 is 0 Å². The van der Waals surface area contributed by atoms with Crippen molar-refractivity contribution in [3.8, 4) is 11.4 Å². The Kier molecular flexibility index (Phi) is 8.27. The zero-order chi connectivity index (χ0) is 32.8. The van der Waals surface area contributed by atoms with Gasteiger partial charge in [-0.25, -0.2) is 15.0 Å². The van der Waals surface area contributed by atoms with Crippen LogP contribution in [-0.4, -0.2) is 64.0 Å². The molecule has 12 heteroatoms. The second-order valence-corrected chi connectivity index (χ2v) is 13.0. The zero-order valence-corrected chi connectivity index (χ0v) is 28.2. The van der Waals surface area contributed by atoms with Crippen molar-refractivity contribution in [3.63, 3.8) is 0 Å². The van der Waals surface area contributed by atoms with Gasteiger partial charge in [-0.1, -0.05) is 53.7 Å². The molecule has 2 aromatic heterocycles. The number of ether oxygens (including phenoxy) is 1. The molecule has 1 amide bonds. The van der Waals surface area contributed by atoms with Gasteiger partial charge in [0.15, 0.2) is 5.16 Å². The summed E-state index contributed by atoms with van der Waals surface area (Å²) in [6.07, 6.45) is 3.48. The van der Waals surface area contributed by atoms with E-state index in [1.54, 1.807) is 29.7 Å². The lowest BCUT2D eigenvalue weighted by Gasteiger charge is -2.38. The number of anilines is 2. The number of aryl methyl sites for hydroxylation is 1. The second kappa shape index (κ2) is 12.5. The quantitative estimate of drug-likeness (QED) is 0.147. The first-order valence-electron chi connectivity index (χ1n) is 15.4. The van der Waals surface area contributed by atoms with Crippen LogP contribution in [0.15, 0.2) is 76.7 Å². The van der Waals surface area contributed by atoms with E-state index in [9.17, 15) is 9.59 Å². The third-order valence-electron chi connectivity index (χ3n) is 8.76. The predicted molar refractivity (Wildman–Crippen MR) is 186 cm³/mol. The summed E-state index contributed by atoms with van der Waals surface area (Å²) in [6.45, 7) is 3.55. The minimum atomic E-state index is -0.338. The van der Waals surface area contributed by atoms with Gasteiger partial charge in [0.25, 0.3) is 11.5 Å². The summed E-state index contributed by atoms with van der Waals surface area (Å²) in [5.41, 5.74) is 3.54. The largest absolute Gasteiger partial charge is 0.497 e. The standard InChI is InChI=1S/C35H34ClN7O3S/c1-21-8-5-9-23(18-21)43-30(37-26-11-6-10-25(36)28(26)34(43)45)27-12-7-17-42(27)32-29-31(38-35(39-32)47-4)41(20-40(2)33(29)44)19-22-13-15-24(46-3)16-14-22/h5-6,8-11,13-16,18,27H,7,12,17,19-20H2,1-4H3. The first-order chi connectivity index (χ1) is 22.8. The molecule has 5 aromatic rings. The third-order valence-corrected chi connectivity index (χ3v) is 9.63. The minimum absolute atomic E-state index is 0.145. The van der Waals surface area contributed by atoms with Crippen LogP contribution in [0.2, 0.25) is 5.02 Å². The molecule has 2 aliphatic heterocycles. The number of hydrogen-bond acceptors (Lipinski definition) is 9. The van der Waals surface area contributed by atoms with Gasteiger partial charge in [-0.3, -0.25) is 14.2 Å². The van der Waals surface area contributed by atoms with Crippen molar-refractivity contribution in [1.29, 1.82) is 0 Å². The van der Waals surface area contributed by atoms with E-state index in [-0.39, 0.29) is 17.5 Å². The van der Waals surface area contributed by atoms with Crippen LogP contribution in [0, 0.1) is 6.92 Å². The molecule has 2 aliphatic rings. The number of halogens is 1. The van der Waals surface area contributed by atoms with Crippen LogP contribution >= 0.6 is 23.4 Å². The lowest BCUT2D eigenvalue weighted by atomic mass is 10.1. The maximum Gasteiger partial charge on any atom is 0.267 e. The highest BCUT2D eigenvalue weighted by Gasteiger charge is 2.39. The van der Waals surface area contributed by atoms with Gasteiger partial charge in [0.2, 0.25) is 0 Å². The van der Waals surface area contributed by atoms with Crippen molar-refractivity contribution < 1.29 is 9.53 Å². The zero-order valence-electron chi connectivity index (χ0n) is 26.6. The molecule has 0 radical (unpaired) electrons. The van der Waals surface area contributed by atoms with Gasteiger partial charge in [0.05, 0.1) is 41.4 Å². The lowest BCUT2D eigenvalue weighted by molar-refractivity contribution is 0.0780. The van der Waals surface area contributed by atoms with E-state index in [4.69, 9.17) is 31.3 Å². The number of nitrogens with zero attached hydrogens (tertiary/aromatic N) is 7. The summed E-state index contributed by atoms with van der Waals surface area (Å²) in [5, 5.41) is 1.30. The Bertz CT molecular complexity index is 2070. The second-order valence-electron chi connectivity index (χ2n) is 11.9. The number of hydrogen-bond donors (Lipinski definition) is 0. The van der Waals surface area contributed by atoms with Crippen molar-refractivity contribution in [3.05, 3.63) is 105 Å². The van der Waals surface area contributed by atoms with E-state index in [2.05, 4.69) is 9.80 Å². The SMILES string of the molecule is COc1ccc(CN2CN(C)C(=O)c3c2nc(SC)nc3N2CCCC2c2nc3cccc(Cl)c3c(=O)n2-c2cccc(C)c2)cc1. The molecule has 0 bridgehead atoms. The molecule has 1 unspecified atom stereocenters. The molecule has 0 saturated carbocycles. The maximum absolute atomic E-state index is 14.3. The Morgan fingerprint density at radius 3 is 2.51 bits per heavy atom. The number of amides is 1. The molecule has 3 aromatic carbocycles. The molecule has 10 nitrogen and oxygen atoms in total. The average molecular weight is 668 g/mol. The fraction of sp³-hybridized carbons (Fsp3) is 0.286. The van der Waals surface area contributed by atoms with Crippen LogP contribution in [0.4, 0.5) is 11.6 Å². The van der Waals surface area contributed by atoms with E-state index in [0.29, 0.717) is 69.6 Å². The number of methoxy groups -OCH3 is 1. The van der Waals surface area contributed by atoms with E-state index in [1.807, 2.05) is 73.8 Å². The van der Waals surface area contributed by atoms with Crippen LogP contribution in [0.5, 0.6) is 5.75 Å². The molecule has 0 aliphatic carbocycles. The Balaban J connectivity index is 1.40.